The number of halogens is 4. The fraction of sp³-hybridized carbons (Fsp3) is 0.417. The topological polar surface area (TPSA) is 49.3 Å². The first-order chi connectivity index (χ1) is 8.79. The van der Waals surface area contributed by atoms with E-state index in [0.717, 1.165) is 12.1 Å². The zero-order chi connectivity index (χ0) is 14.2. The fourth-order valence-electron chi connectivity index (χ4n) is 1.98. The van der Waals surface area contributed by atoms with Crippen molar-refractivity contribution in [2.75, 3.05) is 5.32 Å². The quantitative estimate of drug-likeness (QED) is 0.883. The minimum Gasteiger partial charge on any atom is -0.481 e. The Labute approximate surface area is 115 Å². The van der Waals surface area contributed by atoms with Crippen LogP contribution < -0.4 is 5.32 Å². The van der Waals surface area contributed by atoms with Crippen molar-refractivity contribution in [2.24, 2.45) is 5.92 Å². The van der Waals surface area contributed by atoms with Crippen LogP contribution in [0, 0.1) is 5.92 Å². The van der Waals surface area contributed by atoms with Crippen LogP contribution in [0.1, 0.15) is 18.4 Å². The number of anilines is 1. The van der Waals surface area contributed by atoms with E-state index < -0.39 is 23.6 Å². The first-order valence-electron chi connectivity index (χ1n) is 5.65. The van der Waals surface area contributed by atoms with Gasteiger partial charge in [-0.3, -0.25) is 4.79 Å². The molecule has 0 spiro atoms. The third kappa shape index (κ3) is 3.02. The number of carbonyl (C=O) groups is 1. The van der Waals surface area contributed by atoms with Crippen LogP contribution >= 0.6 is 15.9 Å². The second-order valence-corrected chi connectivity index (χ2v) is 5.32. The molecule has 19 heavy (non-hydrogen) atoms. The van der Waals surface area contributed by atoms with Crippen LogP contribution in [0.25, 0.3) is 0 Å². The van der Waals surface area contributed by atoms with E-state index >= 15 is 0 Å². The molecule has 0 bridgehead atoms. The average molecular weight is 338 g/mol. The molecule has 0 amide bonds. The predicted octanol–water partition coefficient (Wildman–Crippen LogP) is 3.74. The summed E-state index contributed by atoms with van der Waals surface area (Å²) in [7, 11) is 0. The molecule has 2 unspecified atom stereocenters. The number of carboxylic acids is 1. The van der Waals surface area contributed by atoms with Crippen LogP contribution in [-0.2, 0) is 11.0 Å². The van der Waals surface area contributed by atoms with Gasteiger partial charge in [-0.25, -0.2) is 0 Å². The summed E-state index contributed by atoms with van der Waals surface area (Å²) < 4.78 is 38.3. The van der Waals surface area contributed by atoms with Crippen LogP contribution in [0.15, 0.2) is 22.7 Å². The normalized spacial score (nSPS) is 22.7. The van der Waals surface area contributed by atoms with Gasteiger partial charge in [-0.1, -0.05) is 0 Å². The largest absolute Gasteiger partial charge is 0.481 e. The van der Waals surface area contributed by atoms with Gasteiger partial charge >= 0.3 is 12.1 Å². The first kappa shape index (κ1) is 14.2. The molecule has 1 aromatic rings. The SMILES string of the molecule is O=C(O)C1CCC1Nc1cc(C(F)(F)F)ccc1Br. The molecule has 1 aliphatic rings. The number of aliphatic carboxylic acids is 1. The van der Waals surface area contributed by atoms with Crippen LogP contribution in [-0.4, -0.2) is 17.1 Å². The van der Waals surface area contributed by atoms with Gasteiger partial charge in [0.15, 0.2) is 0 Å². The van der Waals surface area contributed by atoms with Gasteiger partial charge in [0, 0.05) is 16.2 Å². The maximum atomic E-state index is 12.6. The number of hydrogen-bond donors (Lipinski definition) is 2. The Morgan fingerprint density at radius 3 is 2.53 bits per heavy atom. The molecule has 2 rings (SSSR count). The molecular formula is C12H11BrF3NO2. The average Bonchev–Trinajstić information content (AvgIpc) is 2.23. The first-order valence-corrected chi connectivity index (χ1v) is 6.44. The van der Waals surface area contributed by atoms with Gasteiger partial charge in [0.25, 0.3) is 0 Å². The monoisotopic (exact) mass is 337 g/mol. The van der Waals surface area contributed by atoms with E-state index in [1.807, 2.05) is 0 Å². The number of alkyl halides is 3. The molecule has 1 aliphatic carbocycles. The smallest absolute Gasteiger partial charge is 0.416 e. The zero-order valence-corrected chi connectivity index (χ0v) is 11.3. The summed E-state index contributed by atoms with van der Waals surface area (Å²) in [5.74, 6) is -1.46. The lowest BCUT2D eigenvalue weighted by Crippen LogP contribution is -2.43. The molecule has 0 heterocycles. The molecule has 7 heteroatoms. The van der Waals surface area contributed by atoms with Crippen LogP contribution in [0.2, 0.25) is 0 Å². The second-order valence-electron chi connectivity index (χ2n) is 4.47. The van der Waals surface area contributed by atoms with E-state index in [1.54, 1.807) is 0 Å². The third-order valence-corrected chi connectivity index (χ3v) is 3.92. The number of carboxylic acid groups (broad SMARTS) is 1. The summed E-state index contributed by atoms with van der Waals surface area (Å²) in [4.78, 5) is 10.9. The molecule has 0 radical (unpaired) electrons. The van der Waals surface area contributed by atoms with Crippen LogP contribution in [0.5, 0.6) is 0 Å². The standard InChI is InChI=1S/C12H11BrF3NO2/c13-8-3-1-6(12(14,15)16)5-10(8)17-9-4-2-7(9)11(18)19/h1,3,5,7,9,17H,2,4H2,(H,18,19). The zero-order valence-electron chi connectivity index (χ0n) is 9.67. The fourth-order valence-corrected chi connectivity index (χ4v) is 2.34. The summed E-state index contributed by atoms with van der Waals surface area (Å²) in [5, 5.41) is 11.8. The van der Waals surface area contributed by atoms with Gasteiger partial charge in [0.1, 0.15) is 0 Å². The van der Waals surface area contributed by atoms with Gasteiger partial charge in [-0.2, -0.15) is 13.2 Å². The Bertz CT molecular complexity index is 504. The van der Waals surface area contributed by atoms with Crippen molar-refractivity contribution in [3.05, 3.63) is 28.2 Å². The van der Waals surface area contributed by atoms with Crippen molar-refractivity contribution in [2.45, 2.75) is 25.1 Å². The predicted molar refractivity (Wildman–Crippen MR) is 66.9 cm³/mol. The van der Waals surface area contributed by atoms with Gasteiger partial charge < -0.3 is 10.4 Å². The van der Waals surface area contributed by atoms with Crippen molar-refractivity contribution in [1.29, 1.82) is 0 Å². The van der Waals surface area contributed by atoms with Gasteiger partial charge in [-0.05, 0) is 47.0 Å². The Morgan fingerprint density at radius 2 is 2.05 bits per heavy atom. The van der Waals surface area contributed by atoms with Crippen molar-refractivity contribution >= 4 is 27.6 Å². The summed E-state index contributed by atoms with van der Waals surface area (Å²) >= 11 is 3.16. The molecule has 1 aromatic carbocycles. The molecule has 0 saturated heterocycles. The highest BCUT2D eigenvalue weighted by Crippen LogP contribution is 2.37. The summed E-state index contributed by atoms with van der Waals surface area (Å²) in [6.45, 7) is 0. The van der Waals surface area contributed by atoms with E-state index in [4.69, 9.17) is 5.11 Å². The van der Waals surface area contributed by atoms with Gasteiger partial charge in [-0.15, -0.1) is 0 Å². The molecule has 0 aliphatic heterocycles. The Kier molecular flexibility index (Phi) is 3.75. The van der Waals surface area contributed by atoms with Crippen molar-refractivity contribution in [3.63, 3.8) is 0 Å². The molecule has 2 atom stereocenters. The van der Waals surface area contributed by atoms with E-state index in [2.05, 4.69) is 21.2 Å². The molecule has 104 valence electrons. The number of benzene rings is 1. The van der Waals surface area contributed by atoms with Crippen LogP contribution in [0.4, 0.5) is 18.9 Å². The molecule has 1 fully saturated rings. The molecule has 2 N–H and O–H groups in total. The van der Waals surface area contributed by atoms with Gasteiger partial charge in [0.2, 0.25) is 0 Å². The lowest BCUT2D eigenvalue weighted by atomic mass is 9.79. The van der Waals surface area contributed by atoms with E-state index in [9.17, 15) is 18.0 Å². The maximum absolute atomic E-state index is 12.6. The Hall–Kier alpha value is -1.24. The highest BCUT2D eigenvalue weighted by Gasteiger charge is 2.37. The minimum absolute atomic E-state index is 0.269. The summed E-state index contributed by atoms with van der Waals surface area (Å²) in [6.07, 6.45) is -3.23. The number of rotatable bonds is 3. The molecule has 1 saturated carbocycles. The number of nitrogens with one attached hydrogen (secondary N) is 1. The highest BCUT2D eigenvalue weighted by atomic mass is 79.9. The third-order valence-electron chi connectivity index (χ3n) is 3.23. The molecule has 0 aromatic heterocycles. The van der Waals surface area contributed by atoms with E-state index in [0.29, 0.717) is 17.3 Å². The summed E-state index contributed by atoms with van der Waals surface area (Å²) in [5.41, 5.74) is -0.491. The minimum atomic E-state index is -4.41. The van der Waals surface area contributed by atoms with Crippen molar-refractivity contribution in [1.82, 2.24) is 0 Å². The number of hydrogen-bond acceptors (Lipinski definition) is 2. The molecular weight excluding hydrogens is 327 g/mol. The van der Waals surface area contributed by atoms with Crippen molar-refractivity contribution < 1.29 is 23.1 Å². The van der Waals surface area contributed by atoms with E-state index in [1.165, 1.54) is 6.07 Å². The van der Waals surface area contributed by atoms with Crippen LogP contribution in [0.3, 0.4) is 0 Å². The summed E-state index contributed by atoms with van der Waals surface area (Å²) in [6, 6.07) is 2.95. The lowest BCUT2D eigenvalue weighted by Gasteiger charge is -2.35. The Balaban J connectivity index is 2.18. The Morgan fingerprint density at radius 1 is 1.37 bits per heavy atom. The lowest BCUT2D eigenvalue weighted by molar-refractivity contribution is -0.145. The second kappa shape index (κ2) is 5.03. The molecule has 3 nitrogen and oxygen atoms in total. The van der Waals surface area contributed by atoms with E-state index in [-0.39, 0.29) is 11.7 Å². The highest BCUT2D eigenvalue weighted by molar-refractivity contribution is 9.10. The van der Waals surface area contributed by atoms with Gasteiger partial charge in [0.05, 0.1) is 11.5 Å². The maximum Gasteiger partial charge on any atom is 0.416 e. The van der Waals surface area contributed by atoms with Crippen molar-refractivity contribution in [3.8, 4) is 0 Å².